The Bertz CT molecular complexity index is 462. The second-order valence-corrected chi connectivity index (χ2v) is 3.53. The molecule has 0 amide bonds. The lowest BCUT2D eigenvalue weighted by Crippen LogP contribution is -2.14. The van der Waals surface area contributed by atoms with E-state index in [1.807, 2.05) is 0 Å². The van der Waals surface area contributed by atoms with Gasteiger partial charge in [-0.25, -0.2) is 13.8 Å². The lowest BCUT2D eigenvalue weighted by atomic mass is 10.1. The van der Waals surface area contributed by atoms with E-state index in [1.165, 1.54) is 0 Å². The lowest BCUT2D eigenvalue weighted by Gasteiger charge is -2.13. The fraction of sp³-hybridized carbons (Fsp3) is 0.286. The highest BCUT2D eigenvalue weighted by Crippen LogP contribution is 2.43. The summed E-state index contributed by atoms with van der Waals surface area (Å²) in [6.07, 6.45) is -8.45. The highest BCUT2D eigenvalue weighted by Gasteiger charge is 2.42. The second-order valence-electron chi connectivity index (χ2n) is 2.78. The Morgan fingerprint density at radius 3 is 2.29 bits per heavy atom. The van der Waals surface area contributed by atoms with E-state index in [4.69, 9.17) is 0 Å². The molecule has 0 spiro atoms. The Balaban J connectivity index is 3.67. The molecule has 1 aromatic rings. The van der Waals surface area contributed by atoms with Crippen LogP contribution in [0.3, 0.4) is 0 Å². The fourth-order valence-corrected chi connectivity index (χ4v) is 1.67. The third-order valence-electron chi connectivity index (χ3n) is 1.75. The molecule has 0 aliphatic heterocycles. The number of pyridine rings is 1. The molecular weight excluding hydrogens is 319 g/mol. The fourth-order valence-electron chi connectivity index (χ4n) is 1.13. The predicted molar refractivity (Wildman–Crippen MR) is 48.6 cm³/mol. The van der Waals surface area contributed by atoms with Crippen molar-refractivity contribution >= 4 is 21.6 Å². The number of rotatable bonds is 2. The lowest BCUT2D eigenvalue weighted by molar-refractivity contribution is -0.386. The molecule has 0 atom stereocenters. The predicted octanol–water partition coefficient (Wildman–Crippen LogP) is 3.71. The SMILES string of the molecule is O=[N+]([O-])c1cnc(Br)c(C(F)(F)F)c1C(F)F. The van der Waals surface area contributed by atoms with Crippen molar-refractivity contribution < 1.29 is 26.9 Å². The van der Waals surface area contributed by atoms with Crippen molar-refractivity contribution in [3.8, 4) is 0 Å². The summed E-state index contributed by atoms with van der Waals surface area (Å²) in [7, 11) is 0. The average Bonchev–Trinajstić information content (AvgIpc) is 2.14. The van der Waals surface area contributed by atoms with Gasteiger partial charge in [0.15, 0.2) is 0 Å². The minimum atomic E-state index is -5.16. The maximum atomic E-state index is 12.5. The molecule has 1 heterocycles. The van der Waals surface area contributed by atoms with E-state index in [2.05, 4.69) is 20.9 Å². The van der Waals surface area contributed by atoms with Gasteiger partial charge in [-0.3, -0.25) is 10.1 Å². The Morgan fingerprint density at radius 2 is 1.94 bits per heavy atom. The second kappa shape index (κ2) is 4.51. The van der Waals surface area contributed by atoms with Crippen LogP contribution in [0.5, 0.6) is 0 Å². The van der Waals surface area contributed by atoms with Crippen LogP contribution in [0.25, 0.3) is 0 Å². The van der Waals surface area contributed by atoms with Gasteiger partial charge in [0.1, 0.15) is 21.9 Å². The molecule has 0 radical (unpaired) electrons. The van der Waals surface area contributed by atoms with Gasteiger partial charge in [0.25, 0.3) is 12.1 Å². The van der Waals surface area contributed by atoms with Crippen LogP contribution < -0.4 is 0 Å². The zero-order chi connectivity index (χ0) is 13.4. The first-order chi connectivity index (χ1) is 7.66. The van der Waals surface area contributed by atoms with Crippen LogP contribution in [0.1, 0.15) is 17.6 Å². The molecule has 1 aromatic heterocycles. The van der Waals surface area contributed by atoms with E-state index in [-0.39, 0.29) is 0 Å². The van der Waals surface area contributed by atoms with Gasteiger partial charge in [0.2, 0.25) is 0 Å². The van der Waals surface area contributed by atoms with Crippen molar-refractivity contribution in [3.63, 3.8) is 0 Å². The normalized spacial score (nSPS) is 11.9. The molecule has 94 valence electrons. The standard InChI is InChI=1S/C7H2BrF5N2O2/c8-5-4(7(11,12)13)3(6(9)10)2(1-14-5)15(16)17/h1,6H. The van der Waals surface area contributed by atoms with Crippen molar-refractivity contribution in [2.24, 2.45) is 0 Å². The highest BCUT2D eigenvalue weighted by atomic mass is 79.9. The van der Waals surface area contributed by atoms with Crippen LogP contribution in [-0.2, 0) is 6.18 Å². The molecule has 10 heteroatoms. The minimum absolute atomic E-state index is 0.348. The van der Waals surface area contributed by atoms with Crippen LogP contribution in [0.2, 0.25) is 0 Å². The van der Waals surface area contributed by atoms with Crippen LogP contribution >= 0.6 is 15.9 Å². The van der Waals surface area contributed by atoms with Gasteiger partial charge in [0.05, 0.1) is 4.92 Å². The van der Waals surface area contributed by atoms with Crippen LogP contribution in [-0.4, -0.2) is 9.91 Å². The monoisotopic (exact) mass is 320 g/mol. The minimum Gasteiger partial charge on any atom is -0.258 e. The van der Waals surface area contributed by atoms with E-state index in [9.17, 15) is 32.1 Å². The van der Waals surface area contributed by atoms with Gasteiger partial charge in [-0.1, -0.05) is 0 Å². The quantitative estimate of drug-likeness (QED) is 0.361. The van der Waals surface area contributed by atoms with Crippen molar-refractivity contribution in [1.29, 1.82) is 0 Å². The van der Waals surface area contributed by atoms with Gasteiger partial charge in [-0.15, -0.1) is 0 Å². The van der Waals surface area contributed by atoms with E-state index in [0.29, 0.717) is 6.20 Å². The molecule has 0 aliphatic carbocycles. The largest absolute Gasteiger partial charge is 0.419 e. The van der Waals surface area contributed by atoms with E-state index in [0.717, 1.165) is 0 Å². The maximum Gasteiger partial charge on any atom is 0.419 e. The molecule has 0 unspecified atom stereocenters. The first-order valence-electron chi connectivity index (χ1n) is 3.84. The molecule has 0 bridgehead atoms. The number of aromatic nitrogens is 1. The molecule has 17 heavy (non-hydrogen) atoms. The molecule has 1 rings (SSSR count). The van der Waals surface area contributed by atoms with Gasteiger partial charge in [-0.05, 0) is 15.9 Å². The molecule has 0 fully saturated rings. The zero-order valence-corrected chi connectivity index (χ0v) is 9.22. The Kier molecular flexibility index (Phi) is 3.65. The number of hydrogen-bond donors (Lipinski definition) is 0. The van der Waals surface area contributed by atoms with Gasteiger partial charge in [-0.2, -0.15) is 13.2 Å². The Hall–Kier alpha value is -1.32. The summed E-state index contributed by atoms with van der Waals surface area (Å²) in [6.45, 7) is 0. The number of halogens is 6. The van der Waals surface area contributed by atoms with Crippen LogP contribution in [0, 0.1) is 10.1 Å². The third kappa shape index (κ3) is 2.68. The number of hydrogen-bond acceptors (Lipinski definition) is 3. The Morgan fingerprint density at radius 1 is 1.41 bits per heavy atom. The summed E-state index contributed by atoms with van der Waals surface area (Å²) in [5, 5.41) is 10.4. The first kappa shape index (κ1) is 13.7. The summed E-state index contributed by atoms with van der Waals surface area (Å²) in [6, 6.07) is 0. The molecule has 0 aliphatic rings. The van der Waals surface area contributed by atoms with Crippen molar-refractivity contribution in [3.05, 3.63) is 32.0 Å². The molecule has 0 saturated carbocycles. The molecule has 0 N–H and O–H groups in total. The maximum absolute atomic E-state index is 12.5. The van der Waals surface area contributed by atoms with Crippen LogP contribution in [0.4, 0.5) is 27.6 Å². The Labute approximate surface area is 98.7 Å². The average molecular weight is 321 g/mol. The summed E-state index contributed by atoms with van der Waals surface area (Å²) in [5.74, 6) is 0. The molecule has 4 nitrogen and oxygen atoms in total. The summed E-state index contributed by atoms with van der Waals surface area (Å²) in [4.78, 5) is 12.1. The van der Waals surface area contributed by atoms with E-state index in [1.54, 1.807) is 0 Å². The zero-order valence-electron chi connectivity index (χ0n) is 7.63. The van der Waals surface area contributed by atoms with Crippen molar-refractivity contribution in [2.45, 2.75) is 12.6 Å². The third-order valence-corrected chi connectivity index (χ3v) is 2.35. The van der Waals surface area contributed by atoms with E-state index < -0.39 is 38.9 Å². The van der Waals surface area contributed by atoms with E-state index >= 15 is 0 Å². The van der Waals surface area contributed by atoms with Gasteiger partial charge >= 0.3 is 6.18 Å². The number of alkyl halides is 5. The smallest absolute Gasteiger partial charge is 0.258 e. The molecule has 0 saturated heterocycles. The van der Waals surface area contributed by atoms with Crippen molar-refractivity contribution in [2.75, 3.05) is 0 Å². The molecule has 0 aromatic carbocycles. The topological polar surface area (TPSA) is 56.0 Å². The summed E-state index contributed by atoms with van der Waals surface area (Å²) < 4.78 is 61.6. The highest BCUT2D eigenvalue weighted by molar-refractivity contribution is 9.10. The first-order valence-corrected chi connectivity index (χ1v) is 4.63. The summed E-state index contributed by atoms with van der Waals surface area (Å²) >= 11 is 2.35. The molecular formula is C7H2BrF5N2O2. The summed E-state index contributed by atoms with van der Waals surface area (Å²) in [5.41, 5.74) is -4.89. The van der Waals surface area contributed by atoms with Crippen LogP contribution in [0.15, 0.2) is 10.8 Å². The van der Waals surface area contributed by atoms with Gasteiger partial charge < -0.3 is 0 Å². The number of nitrogens with zero attached hydrogens (tertiary/aromatic N) is 2. The van der Waals surface area contributed by atoms with Crippen molar-refractivity contribution in [1.82, 2.24) is 4.98 Å². The number of nitro groups is 1. The van der Waals surface area contributed by atoms with Gasteiger partial charge in [0, 0.05) is 0 Å².